The lowest BCUT2D eigenvalue weighted by molar-refractivity contribution is 0.0357. The highest BCUT2D eigenvalue weighted by molar-refractivity contribution is 6.31. The van der Waals surface area contributed by atoms with Crippen LogP contribution in [0.25, 0.3) is 11.3 Å². The topological polar surface area (TPSA) is 78.5 Å². The molecule has 0 atom stereocenters. The fourth-order valence-corrected chi connectivity index (χ4v) is 3.84. The van der Waals surface area contributed by atoms with Crippen molar-refractivity contribution in [2.24, 2.45) is 5.92 Å². The van der Waals surface area contributed by atoms with Gasteiger partial charge in [0.05, 0.1) is 18.4 Å². The Kier molecular flexibility index (Phi) is 5.77. The lowest BCUT2D eigenvalue weighted by Gasteiger charge is -2.34. The summed E-state index contributed by atoms with van der Waals surface area (Å²) in [6.07, 6.45) is 2.56. The molecule has 2 aromatic rings. The zero-order valence-electron chi connectivity index (χ0n) is 16.0. The summed E-state index contributed by atoms with van der Waals surface area (Å²) < 4.78 is 5.36. The number of carbonyl (C=O) groups excluding carboxylic acids is 1. The molecule has 0 spiro atoms. The number of likely N-dealkylation sites (tertiary alicyclic amines) is 1. The van der Waals surface area contributed by atoms with Gasteiger partial charge in [-0.05, 0) is 63.3 Å². The summed E-state index contributed by atoms with van der Waals surface area (Å²) in [7, 11) is 1.59. The van der Waals surface area contributed by atoms with Crippen molar-refractivity contribution in [2.75, 3.05) is 20.2 Å². The molecule has 6 nitrogen and oxygen atoms in total. The van der Waals surface area contributed by atoms with Gasteiger partial charge in [-0.25, -0.2) is 0 Å². The molecule has 1 aromatic heterocycles. The second-order valence-corrected chi connectivity index (χ2v) is 8.20. The third kappa shape index (κ3) is 4.82. The van der Waals surface area contributed by atoms with Gasteiger partial charge in [0.1, 0.15) is 11.4 Å². The van der Waals surface area contributed by atoms with Crippen LogP contribution in [0.5, 0.6) is 5.75 Å². The van der Waals surface area contributed by atoms with Crippen LogP contribution in [0.4, 0.5) is 0 Å². The molecular formula is C20H26ClN3O3. The highest BCUT2D eigenvalue weighted by Crippen LogP contribution is 2.32. The minimum Gasteiger partial charge on any atom is -0.496 e. The van der Waals surface area contributed by atoms with Crippen molar-refractivity contribution in [3.05, 3.63) is 35.0 Å². The van der Waals surface area contributed by atoms with Gasteiger partial charge in [-0.1, -0.05) is 11.6 Å². The molecule has 1 saturated heterocycles. The van der Waals surface area contributed by atoms with Gasteiger partial charge < -0.3 is 14.7 Å². The van der Waals surface area contributed by atoms with E-state index in [0.717, 1.165) is 24.8 Å². The molecule has 7 heteroatoms. The quantitative estimate of drug-likeness (QED) is 0.813. The first-order chi connectivity index (χ1) is 12.8. The first-order valence-corrected chi connectivity index (χ1v) is 9.55. The zero-order chi connectivity index (χ0) is 19.6. The van der Waals surface area contributed by atoms with Crippen LogP contribution in [0.15, 0.2) is 24.3 Å². The second-order valence-electron chi connectivity index (χ2n) is 7.76. The number of hydrogen-bond donors (Lipinski definition) is 2. The van der Waals surface area contributed by atoms with Crippen LogP contribution < -0.4 is 4.74 Å². The number of H-pyrrole nitrogens is 1. The molecule has 1 aromatic carbocycles. The van der Waals surface area contributed by atoms with Crippen LogP contribution in [-0.4, -0.2) is 51.9 Å². The summed E-state index contributed by atoms with van der Waals surface area (Å²) in [6.45, 7) is 5.05. The number of rotatable bonds is 5. The Hall–Kier alpha value is -2.05. The molecule has 0 unspecified atom stereocenters. The van der Waals surface area contributed by atoms with Crippen molar-refractivity contribution in [3.8, 4) is 17.0 Å². The number of nitrogens with zero attached hydrogens (tertiary/aromatic N) is 2. The number of aliphatic hydroxyl groups is 1. The van der Waals surface area contributed by atoms with Crippen molar-refractivity contribution < 1.29 is 14.6 Å². The SMILES string of the molecule is COc1ccc(Cl)cc1-c1cc(C(=O)N2CCC(CC(C)(C)O)CC2)[nH]n1. The molecule has 0 aliphatic carbocycles. The number of benzene rings is 1. The van der Waals surface area contributed by atoms with Gasteiger partial charge in [0.25, 0.3) is 5.91 Å². The maximum atomic E-state index is 12.8. The number of halogens is 1. The fraction of sp³-hybridized carbons (Fsp3) is 0.500. The standard InChI is InChI=1S/C20H26ClN3O3/c1-20(2,26)12-13-6-8-24(9-7-13)19(25)17-11-16(22-23-17)15-10-14(21)4-5-18(15)27-3/h4-5,10-11,13,26H,6-9,12H2,1-3H3,(H,22,23). The largest absolute Gasteiger partial charge is 0.496 e. The minimum atomic E-state index is -0.662. The molecule has 1 aliphatic heterocycles. The van der Waals surface area contributed by atoms with Crippen molar-refractivity contribution in [3.63, 3.8) is 0 Å². The summed E-state index contributed by atoms with van der Waals surface area (Å²) in [5.41, 5.74) is 1.15. The maximum absolute atomic E-state index is 12.8. The van der Waals surface area contributed by atoms with E-state index in [0.29, 0.717) is 41.2 Å². The normalized spacial score (nSPS) is 15.8. The van der Waals surface area contributed by atoms with Crippen molar-refractivity contribution in [1.29, 1.82) is 0 Å². The molecule has 1 aliphatic rings. The molecule has 1 fully saturated rings. The minimum absolute atomic E-state index is 0.0588. The van der Waals surface area contributed by atoms with Gasteiger partial charge in [0, 0.05) is 23.7 Å². The predicted octanol–water partition coefficient (Wildman–Crippen LogP) is 3.75. The average Bonchev–Trinajstić information content (AvgIpc) is 3.10. The van der Waals surface area contributed by atoms with Crippen LogP contribution in [0.1, 0.15) is 43.6 Å². The molecule has 3 rings (SSSR count). The summed E-state index contributed by atoms with van der Waals surface area (Å²) in [5, 5.41) is 17.7. The molecule has 0 radical (unpaired) electrons. The lowest BCUT2D eigenvalue weighted by atomic mass is 9.86. The Morgan fingerprint density at radius 2 is 2.07 bits per heavy atom. The van der Waals surface area contributed by atoms with Crippen molar-refractivity contribution in [2.45, 2.75) is 38.7 Å². The first-order valence-electron chi connectivity index (χ1n) is 9.18. The van der Waals surface area contributed by atoms with Gasteiger partial charge in [0.2, 0.25) is 0 Å². The number of amides is 1. The van der Waals surface area contributed by atoms with E-state index in [2.05, 4.69) is 10.2 Å². The Morgan fingerprint density at radius 3 is 2.70 bits per heavy atom. The maximum Gasteiger partial charge on any atom is 0.271 e. The van der Waals surface area contributed by atoms with E-state index in [-0.39, 0.29) is 5.91 Å². The summed E-state index contributed by atoms with van der Waals surface area (Å²) in [4.78, 5) is 14.6. The number of aromatic amines is 1. The number of ether oxygens (including phenoxy) is 1. The Morgan fingerprint density at radius 1 is 1.37 bits per heavy atom. The number of hydrogen-bond acceptors (Lipinski definition) is 4. The van der Waals surface area contributed by atoms with Gasteiger partial charge in [0.15, 0.2) is 0 Å². The fourth-order valence-electron chi connectivity index (χ4n) is 3.67. The molecule has 146 valence electrons. The Labute approximate surface area is 164 Å². The molecule has 2 N–H and O–H groups in total. The lowest BCUT2D eigenvalue weighted by Crippen LogP contribution is -2.40. The number of methoxy groups -OCH3 is 1. The van der Waals surface area contributed by atoms with Crippen molar-refractivity contribution in [1.82, 2.24) is 15.1 Å². The molecule has 2 heterocycles. The summed E-state index contributed by atoms with van der Waals surface area (Å²) in [6, 6.07) is 7.04. The molecule has 27 heavy (non-hydrogen) atoms. The summed E-state index contributed by atoms with van der Waals surface area (Å²) in [5.74, 6) is 1.04. The van der Waals surface area contributed by atoms with Gasteiger partial charge >= 0.3 is 0 Å². The van der Waals surface area contributed by atoms with Crippen LogP contribution in [-0.2, 0) is 0 Å². The van der Waals surface area contributed by atoms with Gasteiger partial charge in [-0.15, -0.1) is 0 Å². The predicted molar refractivity (Wildman–Crippen MR) is 105 cm³/mol. The van der Waals surface area contributed by atoms with Gasteiger partial charge in [-0.2, -0.15) is 5.10 Å². The zero-order valence-corrected chi connectivity index (χ0v) is 16.7. The van der Waals surface area contributed by atoms with Crippen LogP contribution in [0.3, 0.4) is 0 Å². The molecular weight excluding hydrogens is 366 g/mol. The van der Waals surface area contributed by atoms with E-state index < -0.39 is 5.60 Å². The monoisotopic (exact) mass is 391 g/mol. The van der Waals surface area contributed by atoms with E-state index in [1.54, 1.807) is 31.4 Å². The molecule has 0 bridgehead atoms. The third-order valence-electron chi connectivity index (χ3n) is 4.94. The smallest absolute Gasteiger partial charge is 0.271 e. The number of aromatic nitrogens is 2. The highest BCUT2D eigenvalue weighted by atomic mass is 35.5. The van der Waals surface area contributed by atoms with Crippen LogP contribution >= 0.6 is 11.6 Å². The van der Waals surface area contributed by atoms with E-state index in [4.69, 9.17) is 16.3 Å². The van der Waals surface area contributed by atoms with E-state index in [9.17, 15) is 9.90 Å². The highest BCUT2D eigenvalue weighted by Gasteiger charge is 2.28. The van der Waals surface area contributed by atoms with Crippen molar-refractivity contribution >= 4 is 17.5 Å². The third-order valence-corrected chi connectivity index (χ3v) is 5.17. The first kappa shape index (κ1) is 19.7. The molecule has 1 amide bonds. The number of piperidine rings is 1. The van der Waals surface area contributed by atoms with Crippen LogP contribution in [0.2, 0.25) is 5.02 Å². The second kappa shape index (κ2) is 7.90. The van der Waals surface area contributed by atoms with Gasteiger partial charge in [-0.3, -0.25) is 9.89 Å². The van der Waals surface area contributed by atoms with E-state index in [1.165, 1.54) is 0 Å². The molecule has 0 saturated carbocycles. The van der Waals surface area contributed by atoms with Crippen LogP contribution in [0, 0.1) is 5.92 Å². The van der Waals surface area contributed by atoms with E-state index >= 15 is 0 Å². The number of carbonyl (C=O) groups is 1. The number of nitrogens with one attached hydrogen (secondary N) is 1. The van der Waals surface area contributed by atoms with E-state index in [1.807, 2.05) is 18.7 Å². The average molecular weight is 392 g/mol. The summed E-state index contributed by atoms with van der Waals surface area (Å²) >= 11 is 6.09. The Balaban J connectivity index is 1.69. The Bertz CT molecular complexity index is 805.